The van der Waals surface area contributed by atoms with E-state index in [0.29, 0.717) is 17.5 Å². The summed E-state index contributed by atoms with van der Waals surface area (Å²) >= 11 is 0. The number of halogens is 3. The number of alkyl halides is 3. The lowest BCUT2D eigenvalue weighted by atomic mass is 10.1. The molecule has 1 heterocycles. The smallest absolute Gasteiger partial charge is 0.422 e. The minimum absolute atomic E-state index is 0.0133. The molecule has 1 aromatic heterocycles. The molecule has 26 heavy (non-hydrogen) atoms. The second-order valence-electron chi connectivity index (χ2n) is 5.47. The summed E-state index contributed by atoms with van der Waals surface area (Å²) in [5.41, 5.74) is 0.250. The number of hydrogen-bond donors (Lipinski definition) is 0. The van der Waals surface area contributed by atoms with Crippen LogP contribution in [0.2, 0.25) is 0 Å². The maximum atomic E-state index is 12.6. The van der Waals surface area contributed by atoms with E-state index < -0.39 is 23.7 Å². The van der Waals surface area contributed by atoms with Crippen molar-refractivity contribution in [2.45, 2.75) is 26.4 Å². The van der Waals surface area contributed by atoms with Crippen molar-refractivity contribution in [1.82, 2.24) is 4.57 Å². The largest absolute Gasteiger partial charge is 0.481 e. The molecule has 0 unspecified atom stereocenters. The molecular formula is C16H17F3N2O5. The molecule has 1 aromatic carbocycles. The van der Waals surface area contributed by atoms with E-state index in [1.54, 1.807) is 13.8 Å². The molecule has 0 amide bonds. The van der Waals surface area contributed by atoms with Gasteiger partial charge in [-0.1, -0.05) is 6.92 Å². The van der Waals surface area contributed by atoms with Crippen LogP contribution >= 0.6 is 0 Å². The van der Waals surface area contributed by atoms with Crippen LogP contribution in [-0.2, 0) is 18.2 Å². The predicted molar refractivity (Wildman–Crippen MR) is 86.5 cm³/mol. The Kier molecular flexibility index (Phi) is 5.43. The fourth-order valence-corrected chi connectivity index (χ4v) is 2.66. The molecule has 0 bridgehead atoms. The van der Waals surface area contributed by atoms with Crippen molar-refractivity contribution < 1.29 is 32.4 Å². The number of hydrogen-bond acceptors (Lipinski definition) is 5. The molecule has 7 nitrogen and oxygen atoms in total. The van der Waals surface area contributed by atoms with Gasteiger partial charge in [0.1, 0.15) is 0 Å². The fourth-order valence-electron chi connectivity index (χ4n) is 2.66. The molecule has 0 atom stereocenters. The number of nitrogens with zero attached hydrogens (tertiary/aromatic N) is 2. The summed E-state index contributed by atoms with van der Waals surface area (Å²) in [7, 11) is 1.46. The Balaban J connectivity index is 2.76. The molecule has 0 saturated heterocycles. The highest BCUT2D eigenvalue weighted by Gasteiger charge is 2.32. The number of ether oxygens (including phenoxy) is 2. The number of nitro groups is 1. The molecule has 0 saturated carbocycles. The number of carbonyl (C=O) groups excluding carboxylic acids is 1. The van der Waals surface area contributed by atoms with Gasteiger partial charge < -0.3 is 14.0 Å². The van der Waals surface area contributed by atoms with E-state index in [2.05, 4.69) is 0 Å². The van der Waals surface area contributed by atoms with Crippen LogP contribution in [-0.4, -0.2) is 34.8 Å². The van der Waals surface area contributed by atoms with Crippen molar-refractivity contribution in [3.05, 3.63) is 33.5 Å². The van der Waals surface area contributed by atoms with Gasteiger partial charge in [0.15, 0.2) is 18.1 Å². The number of nitro benzene ring substituents is 1. The van der Waals surface area contributed by atoms with E-state index in [1.807, 2.05) is 0 Å². The summed E-state index contributed by atoms with van der Waals surface area (Å²) < 4.78 is 48.9. The van der Waals surface area contributed by atoms with Crippen molar-refractivity contribution in [3.63, 3.8) is 0 Å². The number of aromatic nitrogens is 1. The Morgan fingerprint density at radius 1 is 1.31 bits per heavy atom. The summed E-state index contributed by atoms with van der Waals surface area (Å²) in [6.07, 6.45) is -4.30. The summed E-state index contributed by atoms with van der Waals surface area (Å²) in [5.74, 6) is -1.26. The monoisotopic (exact) mass is 374 g/mol. The quantitative estimate of drug-likeness (QED) is 0.437. The number of fused-ring (bicyclic) bond motifs is 1. The Bertz CT molecular complexity index is 858. The molecule has 0 aliphatic rings. The molecule has 0 fully saturated rings. The minimum atomic E-state index is -4.64. The van der Waals surface area contributed by atoms with E-state index in [9.17, 15) is 28.1 Å². The highest BCUT2D eigenvalue weighted by molar-refractivity contribution is 6.02. The van der Waals surface area contributed by atoms with Gasteiger partial charge in [0.2, 0.25) is 0 Å². The molecule has 0 spiro atoms. The molecule has 142 valence electrons. The molecular weight excluding hydrogens is 357 g/mol. The van der Waals surface area contributed by atoms with E-state index in [-0.39, 0.29) is 29.1 Å². The van der Waals surface area contributed by atoms with Crippen LogP contribution < -0.4 is 4.74 Å². The normalized spacial score (nSPS) is 11.6. The minimum Gasteiger partial charge on any atom is -0.481 e. The van der Waals surface area contributed by atoms with E-state index in [1.165, 1.54) is 17.7 Å². The van der Waals surface area contributed by atoms with Gasteiger partial charge in [-0.2, -0.15) is 13.2 Å². The second-order valence-corrected chi connectivity index (χ2v) is 5.47. The number of esters is 1. The lowest BCUT2D eigenvalue weighted by Gasteiger charge is -2.11. The standard InChI is InChI=1S/C16H17F3N2O5/c1-4-9-6-12-10(7-11(9)21(23)24)14(26-8-16(17,18)19)13(20(12)3)15(22)25-5-2/h6-7H,4-5,8H2,1-3H3. The Hall–Kier alpha value is -2.78. The molecule has 10 heteroatoms. The first-order valence-corrected chi connectivity index (χ1v) is 7.77. The van der Waals surface area contributed by atoms with Crippen LogP contribution in [0.3, 0.4) is 0 Å². The van der Waals surface area contributed by atoms with Gasteiger partial charge in [-0.25, -0.2) is 4.79 Å². The van der Waals surface area contributed by atoms with E-state index in [0.717, 1.165) is 6.07 Å². The Labute approximate surface area is 146 Å². The zero-order valence-corrected chi connectivity index (χ0v) is 14.3. The zero-order chi connectivity index (χ0) is 19.6. The van der Waals surface area contributed by atoms with Crippen LogP contribution in [0.5, 0.6) is 5.75 Å². The SMILES string of the molecule is CCOC(=O)c1c(OCC(F)(F)F)c2cc([N+](=O)[O-])c(CC)cc2n1C. The highest BCUT2D eigenvalue weighted by atomic mass is 19.4. The molecule has 0 radical (unpaired) electrons. The third-order valence-electron chi connectivity index (χ3n) is 3.78. The van der Waals surface area contributed by atoms with Crippen molar-refractivity contribution in [2.75, 3.05) is 13.2 Å². The molecule has 0 aliphatic carbocycles. The Morgan fingerprint density at radius 3 is 2.46 bits per heavy atom. The lowest BCUT2D eigenvalue weighted by Crippen LogP contribution is -2.20. The average Bonchev–Trinajstić information content (AvgIpc) is 2.83. The third-order valence-corrected chi connectivity index (χ3v) is 3.78. The van der Waals surface area contributed by atoms with Crippen LogP contribution in [0.4, 0.5) is 18.9 Å². The van der Waals surface area contributed by atoms with Crippen LogP contribution in [0, 0.1) is 10.1 Å². The van der Waals surface area contributed by atoms with Crippen molar-refractivity contribution in [1.29, 1.82) is 0 Å². The summed E-state index contributed by atoms with van der Waals surface area (Å²) in [6, 6.07) is 2.60. The number of aryl methyl sites for hydroxylation is 2. The van der Waals surface area contributed by atoms with Gasteiger partial charge in [0.05, 0.1) is 17.0 Å². The zero-order valence-electron chi connectivity index (χ0n) is 14.3. The molecule has 0 aliphatic heterocycles. The summed E-state index contributed by atoms with van der Waals surface area (Å²) in [6.45, 7) is 1.64. The second kappa shape index (κ2) is 7.22. The topological polar surface area (TPSA) is 83.6 Å². The number of rotatable bonds is 6. The van der Waals surface area contributed by atoms with Gasteiger partial charge in [-0.15, -0.1) is 0 Å². The highest BCUT2D eigenvalue weighted by Crippen LogP contribution is 2.38. The van der Waals surface area contributed by atoms with Crippen LogP contribution in [0.1, 0.15) is 29.9 Å². The van der Waals surface area contributed by atoms with Crippen molar-refractivity contribution in [3.8, 4) is 5.75 Å². The molecule has 0 N–H and O–H groups in total. The summed E-state index contributed by atoms with van der Waals surface area (Å²) in [4.78, 5) is 22.9. The third kappa shape index (κ3) is 3.73. The van der Waals surface area contributed by atoms with Gasteiger partial charge >= 0.3 is 12.1 Å². The average molecular weight is 374 g/mol. The lowest BCUT2D eigenvalue weighted by molar-refractivity contribution is -0.385. The molecule has 2 rings (SSSR count). The first kappa shape index (κ1) is 19.5. The first-order chi connectivity index (χ1) is 12.1. The van der Waals surface area contributed by atoms with Crippen molar-refractivity contribution >= 4 is 22.6 Å². The first-order valence-electron chi connectivity index (χ1n) is 7.77. The summed E-state index contributed by atoms with van der Waals surface area (Å²) in [5, 5.41) is 11.3. The van der Waals surface area contributed by atoms with Crippen molar-refractivity contribution in [2.24, 2.45) is 7.05 Å². The van der Waals surface area contributed by atoms with Crippen LogP contribution in [0.25, 0.3) is 10.9 Å². The number of benzene rings is 1. The van der Waals surface area contributed by atoms with Gasteiger partial charge in [-0.05, 0) is 19.4 Å². The number of carbonyl (C=O) groups is 1. The molecule has 2 aromatic rings. The van der Waals surface area contributed by atoms with E-state index in [4.69, 9.17) is 9.47 Å². The maximum Gasteiger partial charge on any atom is 0.422 e. The van der Waals surface area contributed by atoms with Gasteiger partial charge in [0, 0.05) is 24.1 Å². The van der Waals surface area contributed by atoms with Crippen LogP contribution in [0.15, 0.2) is 12.1 Å². The maximum absolute atomic E-state index is 12.6. The van der Waals surface area contributed by atoms with Gasteiger partial charge in [-0.3, -0.25) is 10.1 Å². The fraction of sp³-hybridized carbons (Fsp3) is 0.438. The van der Waals surface area contributed by atoms with Gasteiger partial charge in [0.25, 0.3) is 5.69 Å². The predicted octanol–water partition coefficient (Wildman–Crippen LogP) is 3.77. The Morgan fingerprint density at radius 2 is 1.96 bits per heavy atom. The van der Waals surface area contributed by atoms with E-state index >= 15 is 0 Å².